The fourth-order valence-electron chi connectivity index (χ4n) is 2.78. The molecule has 1 aliphatic rings. The molecule has 21 heavy (non-hydrogen) atoms. The molecule has 4 heterocycles. The highest BCUT2D eigenvalue weighted by Crippen LogP contribution is 2.35. The lowest BCUT2D eigenvalue weighted by Crippen LogP contribution is -3.14. The van der Waals surface area contributed by atoms with E-state index in [1.165, 1.54) is 32.0 Å². The lowest BCUT2D eigenvalue weighted by Gasteiger charge is -2.30. The Balaban J connectivity index is 1.81. The summed E-state index contributed by atoms with van der Waals surface area (Å²) in [6.07, 6.45) is 1.47. The maximum absolute atomic E-state index is 10.5. The minimum atomic E-state index is 0.127. The minimum Gasteiger partial charge on any atom is -0.492 e. The molecule has 0 bridgehead atoms. The number of quaternary nitrogens is 1. The Bertz CT molecular complexity index is 731. The number of thiophene rings is 1. The first-order valence-corrected chi connectivity index (χ1v) is 8.51. The molecular weight excluding hydrogens is 308 g/mol. The number of aromatic hydroxyl groups is 1. The standard InChI is InChI=1S/C13H14N4O2S2/c18-12-11(21-13-14-8-15-17(12)13)10(9-2-1-7-20-9)16-3-5-19-6-4-16/h1-2,7-8,10,18H,3-6H2/p+1/t10-/m0/s1. The molecule has 0 radical (unpaired) electrons. The predicted molar refractivity (Wildman–Crippen MR) is 80.2 cm³/mol. The van der Waals surface area contributed by atoms with Gasteiger partial charge in [-0.15, -0.1) is 11.3 Å². The van der Waals surface area contributed by atoms with Gasteiger partial charge in [0.15, 0.2) is 6.04 Å². The second kappa shape index (κ2) is 5.38. The summed E-state index contributed by atoms with van der Waals surface area (Å²) in [4.78, 5) is 8.53. The molecule has 0 amide bonds. The molecular formula is C13H15N4O2S2+. The van der Waals surface area contributed by atoms with E-state index in [0.717, 1.165) is 36.1 Å². The normalized spacial score (nSPS) is 18.3. The fraction of sp³-hybridized carbons (Fsp3) is 0.385. The molecule has 3 aromatic rings. The smallest absolute Gasteiger partial charge is 0.235 e. The number of thiazole rings is 1. The van der Waals surface area contributed by atoms with Crippen LogP contribution in [-0.4, -0.2) is 46.0 Å². The highest BCUT2D eigenvalue weighted by molar-refractivity contribution is 7.17. The van der Waals surface area contributed by atoms with Gasteiger partial charge in [0, 0.05) is 0 Å². The van der Waals surface area contributed by atoms with E-state index in [4.69, 9.17) is 4.74 Å². The van der Waals surface area contributed by atoms with Crippen molar-refractivity contribution in [2.45, 2.75) is 6.04 Å². The van der Waals surface area contributed by atoms with Crippen LogP contribution in [0.15, 0.2) is 23.8 Å². The van der Waals surface area contributed by atoms with E-state index in [1.54, 1.807) is 11.3 Å². The number of morpholine rings is 1. The SMILES string of the molecule is Oc1c([C@H](c2cccs2)[NH+]2CCOCC2)sc2ncnn12. The molecule has 6 nitrogen and oxygen atoms in total. The van der Waals surface area contributed by atoms with Gasteiger partial charge in [-0.2, -0.15) is 9.61 Å². The second-order valence-electron chi connectivity index (χ2n) is 4.96. The van der Waals surface area contributed by atoms with Gasteiger partial charge in [-0.1, -0.05) is 17.4 Å². The lowest BCUT2D eigenvalue weighted by atomic mass is 10.1. The maximum Gasteiger partial charge on any atom is 0.235 e. The summed E-state index contributed by atoms with van der Waals surface area (Å²) in [6.45, 7) is 3.41. The molecule has 0 aromatic carbocycles. The molecule has 0 spiro atoms. The summed E-state index contributed by atoms with van der Waals surface area (Å²) in [5, 5.41) is 16.7. The van der Waals surface area contributed by atoms with Crippen LogP contribution in [0.5, 0.6) is 5.88 Å². The van der Waals surface area contributed by atoms with E-state index in [1.807, 2.05) is 0 Å². The summed E-state index contributed by atoms with van der Waals surface area (Å²) in [5.74, 6) is 0.213. The number of hydrogen-bond acceptors (Lipinski definition) is 6. The molecule has 110 valence electrons. The largest absolute Gasteiger partial charge is 0.492 e. The zero-order valence-corrected chi connectivity index (χ0v) is 12.9. The van der Waals surface area contributed by atoms with Gasteiger partial charge in [0.25, 0.3) is 0 Å². The van der Waals surface area contributed by atoms with Crippen LogP contribution < -0.4 is 4.90 Å². The van der Waals surface area contributed by atoms with Crippen LogP contribution in [-0.2, 0) is 4.74 Å². The predicted octanol–water partition coefficient (Wildman–Crippen LogP) is 0.562. The number of rotatable bonds is 3. The monoisotopic (exact) mass is 323 g/mol. The van der Waals surface area contributed by atoms with E-state index < -0.39 is 0 Å². The van der Waals surface area contributed by atoms with Crippen molar-refractivity contribution in [1.82, 2.24) is 14.6 Å². The van der Waals surface area contributed by atoms with E-state index >= 15 is 0 Å². The van der Waals surface area contributed by atoms with Crippen molar-refractivity contribution < 1.29 is 14.7 Å². The van der Waals surface area contributed by atoms with Gasteiger partial charge in [0.05, 0.1) is 18.1 Å². The van der Waals surface area contributed by atoms with Crippen molar-refractivity contribution >= 4 is 27.6 Å². The van der Waals surface area contributed by atoms with E-state index in [9.17, 15) is 5.11 Å². The summed E-state index contributed by atoms with van der Waals surface area (Å²) in [6, 6.07) is 4.32. The van der Waals surface area contributed by atoms with Gasteiger partial charge in [-0.3, -0.25) is 0 Å². The number of ether oxygens (including phenoxy) is 1. The fourth-order valence-corrected chi connectivity index (χ4v) is 4.85. The van der Waals surface area contributed by atoms with E-state index in [0.29, 0.717) is 0 Å². The van der Waals surface area contributed by atoms with Gasteiger partial charge in [0.1, 0.15) is 24.3 Å². The zero-order valence-electron chi connectivity index (χ0n) is 11.2. The maximum atomic E-state index is 10.5. The Morgan fingerprint density at radius 1 is 1.38 bits per heavy atom. The number of nitrogens with one attached hydrogen (secondary N) is 1. The van der Waals surface area contributed by atoms with Crippen molar-refractivity contribution in [2.75, 3.05) is 26.3 Å². The van der Waals surface area contributed by atoms with Crippen molar-refractivity contribution in [1.29, 1.82) is 0 Å². The molecule has 1 saturated heterocycles. The Morgan fingerprint density at radius 2 is 2.24 bits per heavy atom. The van der Waals surface area contributed by atoms with Gasteiger partial charge in [-0.05, 0) is 11.4 Å². The molecule has 2 N–H and O–H groups in total. The first kappa shape index (κ1) is 13.2. The highest BCUT2D eigenvalue weighted by Gasteiger charge is 2.34. The molecule has 0 unspecified atom stereocenters. The van der Waals surface area contributed by atoms with Crippen LogP contribution in [0.4, 0.5) is 0 Å². The first-order valence-electron chi connectivity index (χ1n) is 6.81. The third kappa shape index (κ3) is 2.24. The van der Waals surface area contributed by atoms with Gasteiger partial charge in [0.2, 0.25) is 10.8 Å². The van der Waals surface area contributed by atoms with Crippen LogP contribution in [0.2, 0.25) is 0 Å². The average molecular weight is 323 g/mol. The zero-order chi connectivity index (χ0) is 14.2. The molecule has 4 rings (SSSR count). The Labute approximate surface area is 129 Å². The van der Waals surface area contributed by atoms with Crippen LogP contribution in [0.25, 0.3) is 4.96 Å². The molecule has 1 fully saturated rings. The van der Waals surface area contributed by atoms with Gasteiger partial charge >= 0.3 is 0 Å². The van der Waals surface area contributed by atoms with Crippen molar-refractivity contribution in [2.24, 2.45) is 0 Å². The molecule has 1 atom stereocenters. The number of aromatic nitrogens is 3. The Hall–Kier alpha value is -1.48. The van der Waals surface area contributed by atoms with Gasteiger partial charge in [-0.25, -0.2) is 4.98 Å². The van der Waals surface area contributed by atoms with E-state index in [-0.39, 0.29) is 11.9 Å². The van der Waals surface area contributed by atoms with Crippen LogP contribution in [0, 0.1) is 0 Å². The lowest BCUT2D eigenvalue weighted by molar-refractivity contribution is -0.932. The molecule has 0 saturated carbocycles. The van der Waals surface area contributed by atoms with E-state index in [2.05, 4.69) is 27.6 Å². The first-order chi connectivity index (χ1) is 10.3. The van der Waals surface area contributed by atoms with Crippen molar-refractivity contribution in [3.63, 3.8) is 0 Å². The van der Waals surface area contributed by atoms with Crippen LogP contribution in [0.3, 0.4) is 0 Å². The summed E-state index contributed by atoms with van der Waals surface area (Å²) in [5.41, 5.74) is 0. The topological polar surface area (TPSA) is 64.1 Å². The third-order valence-electron chi connectivity index (χ3n) is 3.77. The van der Waals surface area contributed by atoms with Crippen molar-refractivity contribution in [3.8, 4) is 5.88 Å². The van der Waals surface area contributed by atoms with Crippen LogP contribution in [0.1, 0.15) is 15.8 Å². The molecule has 0 aliphatic carbocycles. The molecule has 3 aromatic heterocycles. The molecule has 1 aliphatic heterocycles. The molecule has 8 heteroatoms. The summed E-state index contributed by atoms with van der Waals surface area (Å²) >= 11 is 3.24. The quantitative estimate of drug-likeness (QED) is 0.739. The number of fused-ring (bicyclic) bond motifs is 1. The second-order valence-corrected chi connectivity index (χ2v) is 6.95. The number of hydrogen-bond donors (Lipinski definition) is 2. The average Bonchev–Trinajstić information content (AvgIpc) is 3.22. The Morgan fingerprint density at radius 3 is 2.95 bits per heavy atom. The minimum absolute atomic E-state index is 0.127. The van der Waals surface area contributed by atoms with Crippen LogP contribution >= 0.6 is 22.7 Å². The third-order valence-corrected chi connectivity index (χ3v) is 5.81. The highest BCUT2D eigenvalue weighted by atomic mass is 32.1. The van der Waals surface area contributed by atoms with Gasteiger partial charge < -0.3 is 14.7 Å². The number of nitrogens with zero attached hydrogens (tertiary/aromatic N) is 3. The summed E-state index contributed by atoms with van der Waals surface area (Å²) < 4.78 is 6.99. The Kier molecular flexibility index (Phi) is 3.38. The summed E-state index contributed by atoms with van der Waals surface area (Å²) in [7, 11) is 0. The van der Waals surface area contributed by atoms with Crippen molar-refractivity contribution in [3.05, 3.63) is 33.6 Å².